The minimum Gasteiger partial charge on any atom is -0.495 e. The number of carbonyl (C=O) groups excluding carboxylic acids is 1. The maximum Gasteiger partial charge on any atom is 0.257 e. The van der Waals surface area contributed by atoms with Crippen molar-refractivity contribution < 1.29 is 9.53 Å². The van der Waals surface area contributed by atoms with Crippen LogP contribution < -0.4 is 15.4 Å². The molecule has 0 saturated carbocycles. The van der Waals surface area contributed by atoms with E-state index in [1.165, 1.54) is 31.6 Å². The monoisotopic (exact) mass is 507 g/mol. The van der Waals surface area contributed by atoms with E-state index in [2.05, 4.69) is 39.9 Å². The molecule has 0 spiro atoms. The number of unbranched alkanes of at least 4 members (excludes halogenated alkanes) is 1. The van der Waals surface area contributed by atoms with E-state index in [4.69, 9.17) is 28.6 Å². The minimum absolute atomic E-state index is 0.166. The summed E-state index contributed by atoms with van der Waals surface area (Å²) in [5, 5.41) is 15.5. The molecule has 2 N–H and O–H groups in total. The maximum atomic E-state index is 12.6. The minimum atomic E-state index is -0.376. The van der Waals surface area contributed by atoms with E-state index in [-0.39, 0.29) is 11.0 Å². The highest BCUT2D eigenvalue weighted by Gasteiger charge is 2.13. The van der Waals surface area contributed by atoms with E-state index >= 15 is 0 Å². The molecule has 1 amide bonds. The van der Waals surface area contributed by atoms with Crippen LogP contribution in [0.25, 0.3) is 16.7 Å². The highest BCUT2D eigenvalue weighted by molar-refractivity contribution is 7.80. The Labute approximate surface area is 214 Å². The highest BCUT2D eigenvalue weighted by atomic mass is 35.5. The van der Waals surface area contributed by atoms with Crippen molar-refractivity contribution in [3.63, 3.8) is 0 Å². The molecule has 1 aromatic heterocycles. The predicted molar refractivity (Wildman–Crippen MR) is 144 cm³/mol. The number of ether oxygens (including phenoxy) is 1. The molecule has 0 aliphatic rings. The van der Waals surface area contributed by atoms with Crippen molar-refractivity contribution in [1.29, 1.82) is 0 Å². The highest BCUT2D eigenvalue weighted by Crippen LogP contribution is 2.25. The number of aromatic nitrogens is 3. The first kappa shape index (κ1) is 24.6. The number of carbonyl (C=O) groups is 1. The number of methoxy groups -OCH3 is 1. The first-order valence-electron chi connectivity index (χ1n) is 11.3. The van der Waals surface area contributed by atoms with Gasteiger partial charge in [0.1, 0.15) is 16.8 Å². The third-order valence-electron chi connectivity index (χ3n) is 5.60. The topological polar surface area (TPSA) is 81.1 Å². The number of halogens is 1. The molecular formula is C26H26ClN5O2S. The SMILES string of the molecule is CCCCc1ccc(-n2nc3cc(C)c(NC(=S)NC(=O)c4ccc(OC)c(Cl)c4)cc3n2)cc1. The maximum absolute atomic E-state index is 12.6. The summed E-state index contributed by atoms with van der Waals surface area (Å²) in [5.74, 6) is 0.118. The third-order valence-corrected chi connectivity index (χ3v) is 6.10. The van der Waals surface area contributed by atoms with Crippen LogP contribution >= 0.6 is 23.8 Å². The summed E-state index contributed by atoms with van der Waals surface area (Å²) in [5.41, 5.74) is 5.71. The zero-order valence-corrected chi connectivity index (χ0v) is 21.3. The lowest BCUT2D eigenvalue weighted by Gasteiger charge is -2.12. The van der Waals surface area contributed by atoms with E-state index in [1.54, 1.807) is 16.9 Å². The first-order chi connectivity index (χ1) is 16.9. The van der Waals surface area contributed by atoms with Gasteiger partial charge >= 0.3 is 0 Å². The van der Waals surface area contributed by atoms with E-state index in [9.17, 15) is 4.79 Å². The second kappa shape index (κ2) is 10.8. The molecule has 0 fully saturated rings. The zero-order chi connectivity index (χ0) is 24.9. The van der Waals surface area contributed by atoms with Crippen molar-refractivity contribution in [3.05, 3.63) is 76.3 Å². The number of hydrogen-bond acceptors (Lipinski definition) is 5. The number of thiocarbonyl (C=S) groups is 1. The molecule has 4 rings (SSSR count). The lowest BCUT2D eigenvalue weighted by Crippen LogP contribution is -2.34. The van der Waals surface area contributed by atoms with Gasteiger partial charge in [-0.05, 0) is 85.6 Å². The van der Waals surface area contributed by atoms with Gasteiger partial charge in [0.15, 0.2) is 5.11 Å². The summed E-state index contributed by atoms with van der Waals surface area (Å²) in [7, 11) is 1.52. The number of aryl methyl sites for hydroxylation is 2. The normalized spacial score (nSPS) is 10.9. The fourth-order valence-corrected chi connectivity index (χ4v) is 4.09. The molecule has 0 radical (unpaired) electrons. The van der Waals surface area contributed by atoms with E-state index < -0.39 is 0 Å². The lowest BCUT2D eigenvalue weighted by molar-refractivity contribution is 0.0977. The lowest BCUT2D eigenvalue weighted by atomic mass is 10.1. The van der Waals surface area contributed by atoms with Crippen molar-refractivity contribution in [1.82, 2.24) is 20.3 Å². The van der Waals surface area contributed by atoms with Crippen LogP contribution in [0, 0.1) is 6.92 Å². The fraction of sp³-hybridized carbons (Fsp3) is 0.231. The number of hydrogen-bond donors (Lipinski definition) is 2. The molecule has 4 aromatic rings. The second-order valence-corrected chi connectivity index (χ2v) is 8.99. The Hall–Kier alpha value is -3.49. The molecule has 9 heteroatoms. The van der Waals surface area contributed by atoms with Crippen LogP contribution in [-0.4, -0.2) is 33.1 Å². The van der Waals surface area contributed by atoms with Crippen LogP contribution in [0.15, 0.2) is 54.6 Å². The number of fused-ring (bicyclic) bond motifs is 1. The van der Waals surface area contributed by atoms with Gasteiger partial charge in [0.2, 0.25) is 0 Å². The van der Waals surface area contributed by atoms with Gasteiger partial charge in [-0.25, -0.2) is 0 Å². The van der Waals surface area contributed by atoms with Crippen LogP contribution in [0.4, 0.5) is 5.69 Å². The van der Waals surface area contributed by atoms with Crippen LogP contribution in [0.3, 0.4) is 0 Å². The Morgan fingerprint density at radius 3 is 2.46 bits per heavy atom. The molecule has 1 heterocycles. The van der Waals surface area contributed by atoms with Crippen LogP contribution in [0.5, 0.6) is 5.75 Å². The van der Waals surface area contributed by atoms with Crippen molar-refractivity contribution in [3.8, 4) is 11.4 Å². The van der Waals surface area contributed by atoms with Crippen molar-refractivity contribution in [2.45, 2.75) is 33.1 Å². The predicted octanol–water partition coefficient (Wildman–Crippen LogP) is 5.86. The molecular weight excluding hydrogens is 482 g/mol. The molecule has 35 heavy (non-hydrogen) atoms. The van der Waals surface area contributed by atoms with E-state index in [0.29, 0.717) is 21.9 Å². The Balaban J connectivity index is 1.47. The molecule has 0 saturated heterocycles. The Bertz CT molecular complexity index is 1380. The molecule has 0 unspecified atom stereocenters. The summed E-state index contributed by atoms with van der Waals surface area (Å²) in [6.45, 7) is 4.13. The third kappa shape index (κ3) is 5.78. The second-order valence-electron chi connectivity index (χ2n) is 8.17. The van der Waals surface area contributed by atoms with Crippen molar-refractivity contribution in [2.75, 3.05) is 12.4 Å². The van der Waals surface area contributed by atoms with Gasteiger partial charge in [0.05, 0.1) is 17.8 Å². The molecule has 0 aliphatic heterocycles. The number of anilines is 1. The molecule has 0 aliphatic carbocycles. The molecule has 0 bridgehead atoms. The molecule has 0 atom stereocenters. The largest absolute Gasteiger partial charge is 0.495 e. The first-order valence-corrected chi connectivity index (χ1v) is 12.1. The van der Waals surface area contributed by atoms with Crippen molar-refractivity contribution >= 4 is 51.6 Å². The summed E-state index contributed by atoms with van der Waals surface area (Å²) in [6.07, 6.45) is 3.42. The Morgan fingerprint density at radius 2 is 1.80 bits per heavy atom. The number of amides is 1. The van der Waals surface area contributed by atoms with Crippen molar-refractivity contribution in [2.24, 2.45) is 0 Å². The van der Waals surface area contributed by atoms with Gasteiger partial charge in [0, 0.05) is 11.3 Å². The smallest absolute Gasteiger partial charge is 0.257 e. The molecule has 180 valence electrons. The average Bonchev–Trinajstić information content (AvgIpc) is 3.25. The van der Waals surface area contributed by atoms with Gasteiger partial charge in [-0.2, -0.15) is 4.80 Å². The number of nitrogens with zero attached hydrogens (tertiary/aromatic N) is 3. The van der Waals surface area contributed by atoms with Gasteiger partial charge in [-0.3, -0.25) is 10.1 Å². The summed E-state index contributed by atoms with van der Waals surface area (Å²) in [4.78, 5) is 14.2. The summed E-state index contributed by atoms with van der Waals surface area (Å²) < 4.78 is 5.12. The van der Waals surface area contributed by atoms with E-state index in [1.807, 2.05) is 31.2 Å². The number of benzene rings is 3. The van der Waals surface area contributed by atoms with Gasteiger partial charge < -0.3 is 10.1 Å². The van der Waals surface area contributed by atoms with Gasteiger partial charge in [-0.1, -0.05) is 37.1 Å². The average molecular weight is 508 g/mol. The van der Waals surface area contributed by atoms with Gasteiger partial charge in [-0.15, -0.1) is 10.2 Å². The summed E-state index contributed by atoms with van der Waals surface area (Å²) in [6, 6.07) is 16.9. The number of rotatable bonds is 7. The van der Waals surface area contributed by atoms with Crippen LogP contribution in [-0.2, 0) is 6.42 Å². The standard InChI is InChI=1S/C26H26ClN5O2S/c1-4-5-6-17-7-10-19(11-8-17)32-30-22-13-16(2)21(15-23(22)31-32)28-26(35)29-25(33)18-9-12-24(34-3)20(27)14-18/h7-15H,4-6H2,1-3H3,(H2,28,29,33,35). The Kier molecular flexibility index (Phi) is 7.63. The Morgan fingerprint density at radius 1 is 1.09 bits per heavy atom. The van der Waals surface area contributed by atoms with Crippen LogP contribution in [0.2, 0.25) is 5.02 Å². The molecule has 3 aromatic carbocycles. The quantitative estimate of drug-likeness (QED) is 0.305. The zero-order valence-electron chi connectivity index (χ0n) is 19.8. The summed E-state index contributed by atoms with van der Waals surface area (Å²) >= 11 is 11.5. The fourth-order valence-electron chi connectivity index (χ4n) is 3.63. The van der Waals surface area contributed by atoms with E-state index in [0.717, 1.165) is 28.9 Å². The van der Waals surface area contributed by atoms with Crippen LogP contribution in [0.1, 0.15) is 41.3 Å². The van der Waals surface area contributed by atoms with Gasteiger partial charge in [0.25, 0.3) is 5.91 Å². The molecule has 7 nitrogen and oxygen atoms in total. The number of nitrogens with one attached hydrogen (secondary N) is 2.